The summed E-state index contributed by atoms with van der Waals surface area (Å²) in [6.45, 7) is 6.41. The summed E-state index contributed by atoms with van der Waals surface area (Å²) in [6, 6.07) is 0. The highest BCUT2D eigenvalue weighted by molar-refractivity contribution is 5.84. The summed E-state index contributed by atoms with van der Waals surface area (Å²) >= 11 is 0. The summed E-state index contributed by atoms with van der Waals surface area (Å²) in [5, 5.41) is 5.18. The third-order valence-electron chi connectivity index (χ3n) is 10.0. The zero-order valence-corrected chi connectivity index (χ0v) is 16.8. The molecule has 6 rings (SSSR count). The number of hydrogen-bond donors (Lipinski definition) is 2. The predicted octanol–water partition coefficient (Wildman–Crippen LogP) is 0.398. The lowest BCUT2D eigenvalue weighted by Crippen LogP contribution is -3.14. The fourth-order valence-corrected chi connectivity index (χ4v) is 8.90. The quantitative estimate of drug-likeness (QED) is 0.643. The number of fused-ring (bicyclic) bond motifs is 6. The van der Waals surface area contributed by atoms with Crippen molar-refractivity contribution in [1.82, 2.24) is 0 Å². The Morgan fingerprint density at radius 3 is 2.52 bits per heavy atom. The predicted molar refractivity (Wildman–Crippen MR) is 98.5 cm³/mol. The average Bonchev–Trinajstić information content (AvgIpc) is 3.37. The monoisotopic (exact) mass is 376 g/mol. The van der Waals surface area contributed by atoms with Crippen LogP contribution in [0.1, 0.15) is 58.3 Å². The molecule has 0 bridgehead atoms. The van der Waals surface area contributed by atoms with Crippen molar-refractivity contribution in [2.75, 3.05) is 26.3 Å². The van der Waals surface area contributed by atoms with Crippen molar-refractivity contribution in [3.8, 4) is 0 Å². The topological polar surface area (TPSA) is 68.8 Å². The highest BCUT2D eigenvalue weighted by Gasteiger charge is 2.71. The highest BCUT2D eigenvalue weighted by atomic mass is 16.7. The third-order valence-corrected chi connectivity index (χ3v) is 10.0. The van der Waals surface area contributed by atoms with Gasteiger partial charge in [-0.2, -0.15) is 0 Å². The summed E-state index contributed by atoms with van der Waals surface area (Å²) in [5.41, 5.74) is 0.458. The Morgan fingerprint density at radius 1 is 0.963 bits per heavy atom. The Bertz CT molecular complexity index is 639. The first-order valence-electron chi connectivity index (χ1n) is 11.6. The van der Waals surface area contributed by atoms with Gasteiger partial charge in [0.1, 0.15) is 18.9 Å². The van der Waals surface area contributed by atoms with E-state index in [1.54, 1.807) is 0 Å². The first-order chi connectivity index (χ1) is 13.1. The largest absolute Gasteiger partial charge is 0.348 e. The first-order valence-corrected chi connectivity index (χ1v) is 11.6. The fraction of sp³-hybridized carbons (Fsp3) is 0.955. The van der Waals surface area contributed by atoms with Gasteiger partial charge in [0.2, 0.25) is 5.66 Å². The van der Waals surface area contributed by atoms with E-state index in [0.29, 0.717) is 29.5 Å². The van der Waals surface area contributed by atoms with Crippen LogP contribution < -0.4 is 10.6 Å². The molecule has 0 aromatic heterocycles. The maximum absolute atomic E-state index is 13.6. The normalized spacial score (nSPS) is 50.0. The summed E-state index contributed by atoms with van der Waals surface area (Å²) in [5.74, 6) is 3.25. The van der Waals surface area contributed by atoms with E-state index < -0.39 is 0 Å². The number of quaternary nitrogens is 2. The fourth-order valence-electron chi connectivity index (χ4n) is 8.90. The molecule has 4 saturated carbocycles. The lowest BCUT2D eigenvalue weighted by Gasteiger charge is -2.55. The number of hydrogen-bond acceptors (Lipinski definition) is 3. The van der Waals surface area contributed by atoms with Gasteiger partial charge in [-0.1, -0.05) is 0 Å². The zero-order chi connectivity index (χ0) is 18.3. The van der Waals surface area contributed by atoms with Gasteiger partial charge in [0, 0.05) is 25.2 Å². The average molecular weight is 377 g/mol. The minimum atomic E-state index is -0.300. The van der Waals surface area contributed by atoms with Gasteiger partial charge < -0.3 is 9.47 Å². The Labute approximate surface area is 162 Å². The van der Waals surface area contributed by atoms with E-state index >= 15 is 0 Å². The van der Waals surface area contributed by atoms with Crippen molar-refractivity contribution < 1.29 is 24.9 Å². The van der Waals surface area contributed by atoms with Crippen LogP contribution in [0.2, 0.25) is 0 Å². The SMILES string of the molecule is C[C@]12CC(=O)[C@@H]3[C@H]4CCC5(C[C@@H]4CC[C@@H]3[C@@H]1CCC21[NH2+]CC[NH2+]1)OCCO5. The second-order valence-electron chi connectivity index (χ2n) is 10.8. The van der Waals surface area contributed by atoms with Crippen molar-refractivity contribution in [1.29, 1.82) is 0 Å². The molecule has 0 unspecified atom stereocenters. The van der Waals surface area contributed by atoms with Crippen LogP contribution in [-0.4, -0.2) is 43.5 Å². The molecule has 0 radical (unpaired) electrons. The Hall–Kier alpha value is -0.490. The molecule has 6 aliphatic rings. The van der Waals surface area contributed by atoms with Gasteiger partial charge in [0.05, 0.1) is 25.0 Å². The van der Waals surface area contributed by atoms with Crippen LogP contribution in [0, 0.1) is 35.0 Å². The molecule has 5 heteroatoms. The molecule has 5 nitrogen and oxygen atoms in total. The van der Waals surface area contributed by atoms with Gasteiger partial charge in [-0.15, -0.1) is 0 Å². The van der Waals surface area contributed by atoms with E-state index in [4.69, 9.17) is 9.47 Å². The lowest BCUT2D eigenvalue weighted by molar-refractivity contribution is -0.901. The van der Waals surface area contributed by atoms with Crippen LogP contribution in [0.3, 0.4) is 0 Å². The van der Waals surface area contributed by atoms with Gasteiger partial charge in [0.15, 0.2) is 5.79 Å². The molecule has 4 N–H and O–H groups in total. The number of Topliss-reactive ketones (excluding diaryl/α,β-unsaturated/α-hetero) is 1. The maximum atomic E-state index is 13.6. The van der Waals surface area contributed by atoms with E-state index in [1.165, 1.54) is 38.8 Å². The number of ether oxygens (including phenoxy) is 2. The van der Waals surface area contributed by atoms with E-state index in [0.717, 1.165) is 44.8 Å². The summed E-state index contributed by atoms with van der Waals surface area (Å²) in [4.78, 5) is 13.6. The number of carbonyl (C=O) groups is 1. The van der Waals surface area contributed by atoms with Gasteiger partial charge in [0.25, 0.3) is 0 Å². The van der Waals surface area contributed by atoms with Crippen LogP contribution in [0.4, 0.5) is 0 Å². The van der Waals surface area contributed by atoms with E-state index in [2.05, 4.69) is 17.6 Å². The number of ketones is 1. The Kier molecular flexibility index (Phi) is 3.72. The minimum absolute atomic E-state index is 0.197. The number of carbonyl (C=O) groups excluding carboxylic acids is 1. The standard InChI is InChI=1S/C22H34N2O3/c1-20-13-18(25)19-15-4-6-21(26-10-11-27-21)12-14(15)2-3-16(19)17(20)5-7-22(20)23-8-9-24-22/h14-17,19,23-24H,2-13H2,1H3/p+2/t14-,15-,16+,17-,19+,20-/m0/s1. The molecule has 2 spiro atoms. The molecule has 6 atom stereocenters. The summed E-state index contributed by atoms with van der Waals surface area (Å²) < 4.78 is 12.1. The van der Waals surface area contributed by atoms with Crippen LogP contribution in [-0.2, 0) is 14.3 Å². The van der Waals surface area contributed by atoms with Gasteiger partial charge >= 0.3 is 0 Å². The lowest BCUT2D eigenvalue weighted by atomic mass is 9.49. The first kappa shape index (κ1) is 17.4. The van der Waals surface area contributed by atoms with Gasteiger partial charge in [-0.05, 0) is 56.3 Å². The molecule has 6 fully saturated rings. The van der Waals surface area contributed by atoms with Gasteiger partial charge in [-0.3, -0.25) is 15.4 Å². The molecule has 2 saturated heterocycles. The smallest absolute Gasteiger partial charge is 0.225 e. The van der Waals surface area contributed by atoms with Crippen molar-refractivity contribution in [2.45, 2.75) is 69.7 Å². The molecule has 0 aromatic rings. The van der Waals surface area contributed by atoms with Crippen molar-refractivity contribution in [3.05, 3.63) is 0 Å². The van der Waals surface area contributed by atoms with Gasteiger partial charge in [-0.25, -0.2) is 0 Å². The van der Waals surface area contributed by atoms with Crippen molar-refractivity contribution >= 4 is 5.78 Å². The van der Waals surface area contributed by atoms with Crippen LogP contribution in [0.25, 0.3) is 0 Å². The van der Waals surface area contributed by atoms with Crippen molar-refractivity contribution in [3.63, 3.8) is 0 Å². The molecule has 150 valence electrons. The number of nitrogens with two attached hydrogens (primary N) is 2. The van der Waals surface area contributed by atoms with E-state index in [-0.39, 0.29) is 16.9 Å². The molecular weight excluding hydrogens is 340 g/mol. The number of rotatable bonds is 0. The second-order valence-corrected chi connectivity index (χ2v) is 10.8. The molecular formula is C22H36N2O3+2. The minimum Gasteiger partial charge on any atom is -0.348 e. The zero-order valence-electron chi connectivity index (χ0n) is 16.8. The summed E-state index contributed by atoms with van der Waals surface area (Å²) in [6.07, 6.45) is 9.15. The molecule has 0 aromatic carbocycles. The Morgan fingerprint density at radius 2 is 1.74 bits per heavy atom. The van der Waals surface area contributed by atoms with Crippen LogP contribution >= 0.6 is 0 Å². The Balaban J connectivity index is 1.28. The van der Waals surface area contributed by atoms with Crippen LogP contribution in [0.5, 0.6) is 0 Å². The maximum Gasteiger partial charge on any atom is 0.225 e. The molecule has 0 amide bonds. The molecule has 2 heterocycles. The molecule has 2 aliphatic heterocycles. The second kappa shape index (κ2) is 5.78. The summed E-state index contributed by atoms with van der Waals surface area (Å²) in [7, 11) is 0. The van der Waals surface area contributed by atoms with Crippen LogP contribution in [0.15, 0.2) is 0 Å². The molecule has 27 heavy (non-hydrogen) atoms. The van der Waals surface area contributed by atoms with Crippen molar-refractivity contribution in [2.24, 2.45) is 35.0 Å². The molecule has 4 aliphatic carbocycles. The highest BCUT2D eigenvalue weighted by Crippen LogP contribution is 2.63. The van der Waals surface area contributed by atoms with E-state index in [1.807, 2.05) is 0 Å². The van der Waals surface area contributed by atoms with E-state index in [9.17, 15) is 4.79 Å². The third kappa shape index (κ3) is 2.23.